The minimum atomic E-state index is -0.725. The van der Waals surface area contributed by atoms with E-state index in [2.05, 4.69) is 5.32 Å². The zero-order valence-corrected chi connectivity index (χ0v) is 13.8. The minimum absolute atomic E-state index is 0.00789. The summed E-state index contributed by atoms with van der Waals surface area (Å²) in [6.07, 6.45) is 2.83. The Bertz CT molecular complexity index is 523. The third-order valence-corrected chi connectivity index (χ3v) is 4.74. The molecule has 1 aliphatic heterocycles. The minimum Gasteiger partial charge on any atom is -0.342 e. The van der Waals surface area contributed by atoms with Gasteiger partial charge in [0.25, 0.3) is 0 Å². The van der Waals surface area contributed by atoms with E-state index in [0.29, 0.717) is 25.8 Å². The van der Waals surface area contributed by atoms with E-state index in [0.717, 1.165) is 12.0 Å². The first kappa shape index (κ1) is 16.5. The highest BCUT2D eigenvalue weighted by Crippen LogP contribution is 2.31. The van der Waals surface area contributed by atoms with E-state index in [-0.39, 0.29) is 17.9 Å². The first-order valence-electron chi connectivity index (χ1n) is 8.25. The largest absolute Gasteiger partial charge is 0.342 e. The molecule has 4 nitrogen and oxygen atoms in total. The van der Waals surface area contributed by atoms with Crippen molar-refractivity contribution in [2.24, 2.45) is 0 Å². The lowest BCUT2D eigenvalue weighted by molar-refractivity contribution is -0.159. The van der Waals surface area contributed by atoms with Crippen molar-refractivity contribution in [3.63, 3.8) is 0 Å². The molecule has 0 bridgehead atoms. The van der Waals surface area contributed by atoms with Crippen molar-refractivity contribution >= 4 is 11.8 Å². The van der Waals surface area contributed by atoms with E-state index in [4.69, 9.17) is 0 Å². The Labute approximate surface area is 132 Å². The summed E-state index contributed by atoms with van der Waals surface area (Å²) < 4.78 is 0. The summed E-state index contributed by atoms with van der Waals surface area (Å²) in [5.41, 5.74) is 0.337. The molecular formula is C18H26N2O2. The van der Waals surface area contributed by atoms with Crippen molar-refractivity contribution in [3.05, 3.63) is 35.9 Å². The van der Waals surface area contributed by atoms with Gasteiger partial charge in [-0.25, -0.2) is 0 Å². The van der Waals surface area contributed by atoms with E-state index < -0.39 is 5.54 Å². The van der Waals surface area contributed by atoms with Crippen molar-refractivity contribution < 1.29 is 9.59 Å². The molecule has 0 spiro atoms. The van der Waals surface area contributed by atoms with Gasteiger partial charge in [-0.15, -0.1) is 0 Å². The Balaban J connectivity index is 2.36. The quantitative estimate of drug-likeness (QED) is 0.878. The summed E-state index contributed by atoms with van der Waals surface area (Å²) in [6, 6.07) is 9.52. The van der Waals surface area contributed by atoms with Gasteiger partial charge in [0, 0.05) is 6.54 Å². The third kappa shape index (κ3) is 2.87. The number of carbonyl (C=O) groups is 2. The fourth-order valence-corrected chi connectivity index (χ4v) is 3.31. The zero-order valence-electron chi connectivity index (χ0n) is 13.8. The van der Waals surface area contributed by atoms with Gasteiger partial charge >= 0.3 is 0 Å². The lowest BCUT2D eigenvalue weighted by Crippen LogP contribution is -2.69. The van der Waals surface area contributed by atoms with Crippen LogP contribution in [0.1, 0.15) is 52.0 Å². The molecule has 1 saturated heterocycles. The SMILES string of the molecule is CCCC1NC(=O)C(CC)(CC)N(Cc2ccccc2)C1=O. The molecule has 0 aromatic heterocycles. The molecule has 1 aromatic carbocycles. The van der Waals surface area contributed by atoms with Crippen LogP contribution in [-0.4, -0.2) is 28.3 Å². The van der Waals surface area contributed by atoms with Crippen LogP contribution in [0.3, 0.4) is 0 Å². The predicted octanol–water partition coefficient (Wildman–Crippen LogP) is 2.87. The molecule has 120 valence electrons. The van der Waals surface area contributed by atoms with E-state index in [1.165, 1.54) is 0 Å². The van der Waals surface area contributed by atoms with Crippen LogP contribution in [0, 0.1) is 0 Å². The lowest BCUT2D eigenvalue weighted by atomic mass is 9.85. The zero-order chi connectivity index (χ0) is 16.2. The molecule has 1 unspecified atom stereocenters. The fourth-order valence-electron chi connectivity index (χ4n) is 3.31. The average molecular weight is 302 g/mol. The van der Waals surface area contributed by atoms with Crippen molar-refractivity contribution in [2.75, 3.05) is 0 Å². The number of nitrogens with zero attached hydrogens (tertiary/aromatic N) is 1. The highest BCUT2D eigenvalue weighted by Gasteiger charge is 2.49. The average Bonchev–Trinajstić information content (AvgIpc) is 2.54. The maximum absolute atomic E-state index is 12.9. The van der Waals surface area contributed by atoms with Crippen LogP contribution >= 0.6 is 0 Å². The van der Waals surface area contributed by atoms with Gasteiger partial charge in [0.15, 0.2) is 0 Å². The molecule has 2 amide bonds. The number of rotatable bonds is 6. The standard InChI is InChI=1S/C18H26N2O2/c1-4-10-15-16(21)20(13-14-11-8-7-9-12-14)18(5-2,6-3)17(22)19-15/h7-9,11-12,15H,4-6,10,13H2,1-3H3,(H,19,22). The molecule has 1 heterocycles. The second-order valence-electron chi connectivity index (χ2n) is 5.96. The number of hydrogen-bond donors (Lipinski definition) is 1. The van der Waals surface area contributed by atoms with Crippen molar-refractivity contribution in [1.82, 2.24) is 10.2 Å². The monoisotopic (exact) mass is 302 g/mol. The summed E-state index contributed by atoms with van der Waals surface area (Å²) in [6.45, 7) is 6.49. The van der Waals surface area contributed by atoms with E-state index in [9.17, 15) is 9.59 Å². The molecule has 1 N–H and O–H groups in total. The highest BCUT2D eigenvalue weighted by molar-refractivity contribution is 5.99. The molecule has 0 saturated carbocycles. The van der Waals surface area contributed by atoms with Gasteiger partial charge in [-0.3, -0.25) is 9.59 Å². The maximum Gasteiger partial charge on any atom is 0.246 e. The van der Waals surface area contributed by atoms with Crippen molar-refractivity contribution in [2.45, 2.75) is 64.6 Å². The van der Waals surface area contributed by atoms with Gasteiger partial charge in [0.1, 0.15) is 11.6 Å². The summed E-state index contributed by atoms with van der Waals surface area (Å²) in [7, 11) is 0. The normalized spacial score (nSPS) is 20.9. The van der Waals surface area contributed by atoms with Crippen LogP contribution in [0.4, 0.5) is 0 Å². The summed E-state index contributed by atoms with van der Waals surface area (Å²) in [4.78, 5) is 27.4. The van der Waals surface area contributed by atoms with Crippen LogP contribution < -0.4 is 5.32 Å². The number of hydrogen-bond acceptors (Lipinski definition) is 2. The number of amides is 2. The number of nitrogens with one attached hydrogen (secondary N) is 1. The summed E-state index contributed by atoms with van der Waals surface area (Å²) in [5.74, 6) is 0.0421. The molecule has 4 heteroatoms. The van der Waals surface area contributed by atoms with Crippen LogP contribution in [0.2, 0.25) is 0 Å². The molecule has 1 atom stereocenters. The number of benzene rings is 1. The summed E-state index contributed by atoms with van der Waals surface area (Å²) >= 11 is 0. The van der Waals surface area contributed by atoms with E-state index in [1.54, 1.807) is 0 Å². The molecule has 0 aliphatic carbocycles. The van der Waals surface area contributed by atoms with Gasteiger partial charge in [-0.2, -0.15) is 0 Å². The first-order valence-corrected chi connectivity index (χ1v) is 8.25. The Kier molecular flexibility index (Phi) is 5.22. The molecule has 1 aliphatic rings. The predicted molar refractivity (Wildman–Crippen MR) is 87.1 cm³/mol. The van der Waals surface area contributed by atoms with Crippen molar-refractivity contribution in [3.8, 4) is 0 Å². The Morgan fingerprint density at radius 2 is 1.73 bits per heavy atom. The molecule has 1 fully saturated rings. The Hall–Kier alpha value is -1.84. The first-order chi connectivity index (χ1) is 10.6. The van der Waals surface area contributed by atoms with Crippen LogP contribution in [0.5, 0.6) is 0 Å². The topological polar surface area (TPSA) is 49.4 Å². The highest BCUT2D eigenvalue weighted by atomic mass is 16.2. The van der Waals surface area contributed by atoms with Crippen LogP contribution in [-0.2, 0) is 16.1 Å². The van der Waals surface area contributed by atoms with Gasteiger partial charge in [0.05, 0.1) is 0 Å². The van der Waals surface area contributed by atoms with Gasteiger partial charge in [0.2, 0.25) is 11.8 Å². The van der Waals surface area contributed by atoms with E-state index >= 15 is 0 Å². The summed E-state index contributed by atoms with van der Waals surface area (Å²) in [5, 5.41) is 2.95. The second-order valence-corrected chi connectivity index (χ2v) is 5.96. The molecule has 1 aromatic rings. The molecule has 22 heavy (non-hydrogen) atoms. The van der Waals surface area contributed by atoms with Crippen LogP contribution in [0.15, 0.2) is 30.3 Å². The Morgan fingerprint density at radius 1 is 1.09 bits per heavy atom. The number of piperazine rings is 1. The molecular weight excluding hydrogens is 276 g/mol. The van der Waals surface area contributed by atoms with Crippen LogP contribution in [0.25, 0.3) is 0 Å². The second kappa shape index (κ2) is 6.95. The number of carbonyl (C=O) groups excluding carboxylic acids is 2. The molecule has 0 radical (unpaired) electrons. The van der Waals surface area contributed by atoms with Gasteiger partial charge < -0.3 is 10.2 Å². The van der Waals surface area contributed by atoms with Gasteiger partial charge in [-0.05, 0) is 24.8 Å². The third-order valence-electron chi connectivity index (χ3n) is 4.74. The Morgan fingerprint density at radius 3 is 2.27 bits per heavy atom. The van der Waals surface area contributed by atoms with E-state index in [1.807, 2.05) is 56.0 Å². The van der Waals surface area contributed by atoms with Gasteiger partial charge in [-0.1, -0.05) is 57.5 Å². The van der Waals surface area contributed by atoms with Crippen molar-refractivity contribution in [1.29, 1.82) is 0 Å². The molecule has 2 rings (SSSR count). The smallest absolute Gasteiger partial charge is 0.246 e. The fraction of sp³-hybridized carbons (Fsp3) is 0.556. The lowest BCUT2D eigenvalue weighted by Gasteiger charge is -2.47. The maximum atomic E-state index is 12.9.